The number of hydrogen-bond donors (Lipinski definition) is 1. The van der Waals surface area contributed by atoms with E-state index in [1.807, 2.05) is 24.3 Å². The molecule has 1 amide bonds. The molecule has 1 heterocycles. The molecule has 4 heteroatoms. The first-order valence-electron chi connectivity index (χ1n) is 10.9. The molecule has 3 aromatic carbocycles. The molecule has 0 saturated carbocycles. The molecule has 0 aromatic heterocycles. The zero-order valence-corrected chi connectivity index (χ0v) is 19.1. The number of amides is 1. The maximum absolute atomic E-state index is 12.9. The fourth-order valence-corrected chi connectivity index (χ4v) is 4.80. The molecular weight excluding hydrogens is 400 g/mol. The van der Waals surface area contributed by atoms with Crippen LogP contribution in [0.25, 0.3) is 0 Å². The highest BCUT2D eigenvalue weighted by Crippen LogP contribution is 2.41. The highest BCUT2D eigenvalue weighted by molar-refractivity contribution is 7.99. The van der Waals surface area contributed by atoms with Gasteiger partial charge in [-0.3, -0.25) is 9.79 Å². The molecule has 0 fully saturated rings. The lowest BCUT2D eigenvalue weighted by Gasteiger charge is -2.14. The third-order valence-corrected chi connectivity index (χ3v) is 6.70. The lowest BCUT2D eigenvalue weighted by Crippen LogP contribution is -2.32. The predicted octanol–water partition coefficient (Wildman–Crippen LogP) is 6.74. The van der Waals surface area contributed by atoms with Gasteiger partial charge in [0.05, 0.1) is 5.69 Å². The van der Waals surface area contributed by atoms with Gasteiger partial charge < -0.3 is 5.32 Å². The Morgan fingerprint density at radius 3 is 2.58 bits per heavy atom. The lowest BCUT2D eigenvalue weighted by atomic mass is 10.0. The van der Waals surface area contributed by atoms with Gasteiger partial charge in [-0.05, 0) is 69.0 Å². The first kappa shape index (κ1) is 21.4. The number of nitrogens with one attached hydrogen (secondary N) is 1. The van der Waals surface area contributed by atoms with Crippen molar-refractivity contribution in [3.05, 3.63) is 89.0 Å². The molecule has 1 atom stereocenters. The largest absolute Gasteiger partial charge is 0.350 e. The van der Waals surface area contributed by atoms with E-state index in [0.717, 1.165) is 35.6 Å². The van der Waals surface area contributed by atoms with E-state index in [4.69, 9.17) is 4.99 Å². The van der Waals surface area contributed by atoms with E-state index in [1.165, 1.54) is 21.6 Å². The fraction of sp³-hybridized carbons (Fsp3) is 0.259. The topological polar surface area (TPSA) is 41.5 Å². The highest BCUT2D eigenvalue weighted by atomic mass is 32.2. The molecule has 1 aliphatic rings. The van der Waals surface area contributed by atoms with E-state index in [9.17, 15) is 4.79 Å². The van der Waals surface area contributed by atoms with Crippen molar-refractivity contribution in [2.45, 2.75) is 55.9 Å². The number of aryl methyl sites for hydroxylation is 2. The second kappa shape index (κ2) is 9.52. The number of hydrogen-bond acceptors (Lipinski definition) is 3. The summed E-state index contributed by atoms with van der Waals surface area (Å²) in [5.41, 5.74) is 6.33. The van der Waals surface area contributed by atoms with Crippen LogP contribution in [-0.4, -0.2) is 17.7 Å². The smallest absolute Gasteiger partial charge is 0.251 e. The number of aliphatic imine (C=N–C) groups is 1. The van der Waals surface area contributed by atoms with Crippen LogP contribution in [0.1, 0.15) is 53.7 Å². The first-order chi connectivity index (χ1) is 15.0. The van der Waals surface area contributed by atoms with Crippen molar-refractivity contribution in [2.75, 3.05) is 0 Å². The van der Waals surface area contributed by atoms with E-state index in [1.54, 1.807) is 11.8 Å². The molecule has 3 aromatic rings. The van der Waals surface area contributed by atoms with Gasteiger partial charge in [0.15, 0.2) is 0 Å². The van der Waals surface area contributed by atoms with E-state index in [0.29, 0.717) is 5.56 Å². The Kier molecular flexibility index (Phi) is 6.57. The Labute approximate surface area is 189 Å². The summed E-state index contributed by atoms with van der Waals surface area (Å²) in [7, 11) is 0. The van der Waals surface area contributed by atoms with Crippen molar-refractivity contribution in [1.29, 1.82) is 0 Å². The number of benzene rings is 3. The maximum Gasteiger partial charge on any atom is 0.251 e. The summed E-state index contributed by atoms with van der Waals surface area (Å²) in [6.45, 7) is 6.30. The molecule has 1 N–H and O–H groups in total. The van der Waals surface area contributed by atoms with Crippen molar-refractivity contribution in [1.82, 2.24) is 5.32 Å². The Balaban J connectivity index is 1.50. The summed E-state index contributed by atoms with van der Waals surface area (Å²) in [5.74, 6) is -0.0424. The Hall–Kier alpha value is -2.85. The SMILES string of the molecule is CCC1=Nc2cc(C(=O)N[C@@H](C)CCc3ccccc3)ccc2Sc2ccc(C)cc21. The molecular formula is C27H28N2OS. The molecule has 0 aliphatic carbocycles. The molecule has 4 rings (SSSR count). The summed E-state index contributed by atoms with van der Waals surface area (Å²) in [6, 6.07) is 22.9. The summed E-state index contributed by atoms with van der Waals surface area (Å²) in [5, 5.41) is 3.14. The Bertz CT molecular complexity index is 1120. The summed E-state index contributed by atoms with van der Waals surface area (Å²) in [6.07, 6.45) is 2.71. The van der Waals surface area contributed by atoms with Gasteiger partial charge in [0.25, 0.3) is 5.91 Å². The number of carbonyl (C=O) groups is 1. The third-order valence-electron chi connectivity index (χ3n) is 5.56. The van der Waals surface area contributed by atoms with Crippen LogP contribution < -0.4 is 5.32 Å². The van der Waals surface area contributed by atoms with Crippen molar-refractivity contribution in [3.63, 3.8) is 0 Å². The van der Waals surface area contributed by atoms with E-state index >= 15 is 0 Å². The molecule has 158 valence electrons. The van der Waals surface area contributed by atoms with Gasteiger partial charge in [-0.1, -0.05) is 60.6 Å². The molecule has 1 aliphatic heterocycles. The molecule has 0 unspecified atom stereocenters. The highest BCUT2D eigenvalue weighted by Gasteiger charge is 2.19. The minimum Gasteiger partial charge on any atom is -0.350 e. The molecule has 3 nitrogen and oxygen atoms in total. The Morgan fingerprint density at radius 2 is 1.81 bits per heavy atom. The van der Waals surface area contributed by atoms with E-state index in [2.05, 4.69) is 68.6 Å². The van der Waals surface area contributed by atoms with Gasteiger partial charge in [-0.25, -0.2) is 0 Å². The van der Waals surface area contributed by atoms with Gasteiger partial charge in [-0.2, -0.15) is 0 Å². The zero-order chi connectivity index (χ0) is 21.8. The van der Waals surface area contributed by atoms with Crippen molar-refractivity contribution < 1.29 is 4.79 Å². The quantitative estimate of drug-likeness (QED) is 0.472. The van der Waals surface area contributed by atoms with Crippen molar-refractivity contribution in [3.8, 4) is 0 Å². The number of carbonyl (C=O) groups excluding carboxylic acids is 1. The average molecular weight is 429 g/mol. The van der Waals surface area contributed by atoms with Gasteiger partial charge in [0.2, 0.25) is 0 Å². The van der Waals surface area contributed by atoms with Gasteiger partial charge in [0.1, 0.15) is 0 Å². The Morgan fingerprint density at radius 1 is 1.03 bits per heavy atom. The van der Waals surface area contributed by atoms with Crippen LogP contribution in [0.15, 0.2) is 81.5 Å². The van der Waals surface area contributed by atoms with Gasteiger partial charge in [0, 0.05) is 32.7 Å². The number of nitrogens with zero attached hydrogens (tertiary/aromatic N) is 1. The summed E-state index contributed by atoms with van der Waals surface area (Å²) < 4.78 is 0. The lowest BCUT2D eigenvalue weighted by molar-refractivity contribution is 0.0938. The van der Waals surface area contributed by atoms with Crippen molar-refractivity contribution in [2.24, 2.45) is 4.99 Å². The third kappa shape index (κ3) is 5.08. The summed E-state index contributed by atoms with van der Waals surface area (Å²) >= 11 is 1.72. The molecule has 0 radical (unpaired) electrons. The first-order valence-corrected chi connectivity index (χ1v) is 11.7. The van der Waals surface area contributed by atoms with Crippen LogP contribution in [-0.2, 0) is 6.42 Å². The maximum atomic E-state index is 12.9. The van der Waals surface area contributed by atoms with Crippen LogP contribution in [0.2, 0.25) is 0 Å². The molecule has 0 spiro atoms. The minimum atomic E-state index is -0.0424. The molecule has 31 heavy (non-hydrogen) atoms. The predicted molar refractivity (Wildman–Crippen MR) is 130 cm³/mol. The summed E-state index contributed by atoms with van der Waals surface area (Å²) in [4.78, 5) is 20.1. The van der Waals surface area contributed by atoms with Crippen LogP contribution in [0.4, 0.5) is 5.69 Å². The monoisotopic (exact) mass is 428 g/mol. The second-order valence-corrected chi connectivity index (χ2v) is 9.18. The number of rotatable bonds is 6. The average Bonchev–Trinajstić information content (AvgIpc) is 2.94. The van der Waals surface area contributed by atoms with E-state index in [-0.39, 0.29) is 11.9 Å². The van der Waals surface area contributed by atoms with Crippen LogP contribution in [0.3, 0.4) is 0 Å². The minimum absolute atomic E-state index is 0.0424. The second-order valence-electron chi connectivity index (χ2n) is 8.10. The van der Waals surface area contributed by atoms with E-state index < -0.39 is 0 Å². The van der Waals surface area contributed by atoms with Crippen molar-refractivity contribution >= 4 is 29.1 Å². The standard InChI is InChI=1S/C27H28N2OS/c1-4-23-22-16-18(2)10-14-25(22)31-26-15-13-21(17-24(26)29-23)27(30)28-19(3)11-12-20-8-6-5-7-9-20/h5-10,13-17,19H,4,11-12H2,1-3H3,(H,28,30)/t19-/m0/s1. The fourth-order valence-electron chi connectivity index (χ4n) is 3.79. The van der Waals surface area contributed by atoms with Crippen LogP contribution in [0.5, 0.6) is 0 Å². The van der Waals surface area contributed by atoms with Crippen LogP contribution >= 0.6 is 11.8 Å². The number of fused-ring (bicyclic) bond motifs is 2. The van der Waals surface area contributed by atoms with Crippen LogP contribution in [0, 0.1) is 6.92 Å². The molecule has 0 bridgehead atoms. The normalized spacial score (nSPS) is 13.5. The zero-order valence-electron chi connectivity index (χ0n) is 18.3. The van der Waals surface area contributed by atoms with Gasteiger partial charge in [-0.15, -0.1) is 0 Å². The van der Waals surface area contributed by atoms with Gasteiger partial charge >= 0.3 is 0 Å². The molecule has 0 saturated heterocycles.